The van der Waals surface area contributed by atoms with Crippen LogP contribution in [0.25, 0.3) is 0 Å². The molecule has 2 aromatic carbocycles. The van der Waals surface area contributed by atoms with Gasteiger partial charge in [-0.05, 0) is 25.0 Å². The summed E-state index contributed by atoms with van der Waals surface area (Å²) in [5.41, 5.74) is 2.73. The molecular formula is C17H19F2N. The first-order valence-corrected chi connectivity index (χ1v) is 6.84. The predicted octanol–water partition coefficient (Wildman–Crippen LogP) is 4.51. The second kappa shape index (κ2) is 6.62. The summed E-state index contributed by atoms with van der Waals surface area (Å²) in [6.45, 7) is 4.43. The second-order valence-corrected chi connectivity index (χ2v) is 4.97. The first-order valence-electron chi connectivity index (χ1n) is 6.84. The third-order valence-electron chi connectivity index (χ3n) is 3.46. The van der Waals surface area contributed by atoms with Crippen LogP contribution in [0.4, 0.5) is 8.78 Å². The van der Waals surface area contributed by atoms with Crippen molar-refractivity contribution < 1.29 is 8.78 Å². The van der Waals surface area contributed by atoms with Crippen molar-refractivity contribution in [3.63, 3.8) is 0 Å². The lowest BCUT2D eigenvalue weighted by atomic mass is 10.0. The SMILES string of the molecule is CCC(NCc1cccc(F)c1F)c1ccc(C)cc1. The summed E-state index contributed by atoms with van der Waals surface area (Å²) in [5.74, 6) is -1.56. The van der Waals surface area contributed by atoms with Gasteiger partial charge in [0.25, 0.3) is 0 Å². The molecule has 0 aliphatic carbocycles. The Labute approximate surface area is 118 Å². The van der Waals surface area contributed by atoms with Gasteiger partial charge in [0.2, 0.25) is 0 Å². The summed E-state index contributed by atoms with van der Waals surface area (Å²) in [7, 11) is 0. The van der Waals surface area contributed by atoms with Crippen LogP contribution in [0.1, 0.15) is 36.1 Å². The van der Waals surface area contributed by atoms with Crippen molar-refractivity contribution in [2.45, 2.75) is 32.9 Å². The maximum Gasteiger partial charge on any atom is 0.163 e. The summed E-state index contributed by atoms with van der Waals surface area (Å²) in [4.78, 5) is 0. The van der Waals surface area contributed by atoms with Crippen LogP contribution in [-0.2, 0) is 6.54 Å². The summed E-state index contributed by atoms with van der Waals surface area (Å²) < 4.78 is 26.7. The lowest BCUT2D eigenvalue weighted by Crippen LogP contribution is -2.21. The molecule has 0 saturated carbocycles. The molecule has 0 bridgehead atoms. The van der Waals surface area contributed by atoms with Crippen molar-refractivity contribution >= 4 is 0 Å². The number of rotatable bonds is 5. The Balaban J connectivity index is 2.07. The topological polar surface area (TPSA) is 12.0 Å². The molecule has 0 aliphatic rings. The maximum atomic E-state index is 13.6. The Morgan fingerprint density at radius 3 is 2.40 bits per heavy atom. The molecule has 2 rings (SSSR count). The summed E-state index contributed by atoms with van der Waals surface area (Å²) in [5, 5.41) is 3.28. The fraction of sp³-hybridized carbons (Fsp3) is 0.294. The van der Waals surface area contributed by atoms with E-state index in [0.717, 1.165) is 18.1 Å². The quantitative estimate of drug-likeness (QED) is 0.846. The number of benzene rings is 2. The summed E-state index contributed by atoms with van der Waals surface area (Å²) >= 11 is 0. The molecule has 0 aliphatic heterocycles. The third-order valence-corrected chi connectivity index (χ3v) is 3.46. The number of aryl methyl sites for hydroxylation is 1. The predicted molar refractivity (Wildman–Crippen MR) is 77.4 cm³/mol. The lowest BCUT2D eigenvalue weighted by molar-refractivity contribution is 0.473. The minimum Gasteiger partial charge on any atom is -0.306 e. The van der Waals surface area contributed by atoms with Crippen molar-refractivity contribution in [1.29, 1.82) is 0 Å². The van der Waals surface area contributed by atoms with E-state index in [1.807, 2.05) is 6.92 Å². The van der Waals surface area contributed by atoms with E-state index in [1.54, 1.807) is 6.07 Å². The molecule has 0 radical (unpaired) electrons. The molecule has 1 N–H and O–H groups in total. The molecule has 2 aromatic rings. The molecule has 0 heterocycles. The highest BCUT2D eigenvalue weighted by Crippen LogP contribution is 2.19. The van der Waals surface area contributed by atoms with E-state index in [1.165, 1.54) is 11.6 Å². The first kappa shape index (κ1) is 14.7. The van der Waals surface area contributed by atoms with Crippen LogP contribution in [0.2, 0.25) is 0 Å². The average molecular weight is 275 g/mol. The summed E-state index contributed by atoms with van der Waals surface area (Å²) in [6, 6.07) is 12.7. The molecule has 3 heteroatoms. The van der Waals surface area contributed by atoms with Crippen molar-refractivity contribution in [3.05, 3.63) is 70.8 Å². The van der Waals surface area contributed by atoms with Gasteiger partial charge in [-0.1, -0.05) is 48.9 Å². The minimum atomic E-state index is -0.798. The van der Waals surface area contributed by atoms with Gasteiger partial charge in [0.15, 0.2) is 11.6 Å². The van der Waals surface area contributed by atoms with Crippen LogP contribution in [0.15, 0.2) is 42.5 Å². The largest absolute Gasteiger partial charge is 0.306 e. The minimum absolute atomic E-state index is 0.137. The molecule has 1 unspecified atom stereocenters. The van der Waals surface area contributed by atoms with Crippen LogP contribution in [0, 0.1) is 18.6 Å². The van der Waals surface area contributed by atoms with Gasteiger partial charge in [0.1, 0.15) is 0 Å². The monoisotopic (exact) mass is 275 g/mol. The first-order chi connectivity index (χ1) is 9.61. The number of hydrogen-bond donors (Lipinski definition) is 1. The zero-order chi connectivity index (χ0) is 14.5. The molecule has 1 nitrogen and oxygen atoms in total. The molecular weight excluding hydrogens is 256 g/mol. The third kappa shape index (κ3) is 3.42. The molecule has 0 amide bonds. The van der Waals surface area contributed by atoms with E-state index in [-0.39, 0.29) is 6.04 Å². The molecule has 0 spiro atoms. The Morgan fingerprint density at radius 1 is 1.05 bits per heavy atom. The Bertz CT molecular complexity index is 564. The maximum absolute atomic E-state index is 13.6. The van der Waals surface area contributed by atoms with E-state index in [4.69, 9.17) is 0 Å². The normalized spacial score (nSPS) is 12.4. The Morgan fingerprint density at radius 2 is 1.75 bits per heavy atom. The van der Waals surface area contributed by atoms with E-state index >= 15 is 0 Å². The standard InChI is InChI=1S/C17H19F2N/c1-3-16(13-9-7-12(2)8-10-13)20-11-14-5-4-6-15(18)17(14)19/h4-10,16,20H,3,11H2,1-2H3. The van der Waals surface area contributed by atoms with Crippen molar-refractivity contribution in [3.8, 4) is 0 Å². The smallest absolute Gasteiger partial charge is 0.163 e. The van der Waals surface area contributed by atoms with Crippen molar-refractivity contribution in [2.24, 2.45) is 0 Å². The molecule has 1 atom stereocenters. The van der Waals surface area contributed by atoms with Gasteiger partial charge in [-0.15, -0.1) is 0 Å². The molecule has 20 heavy (non-hydrogen) atoms. The van der Waals surface area contributed by atoms with E-state index in [0.29, 0.717) is 12.1 Å². The Kier molecular flexibility index (Phi) is 4.85. The van der Waals surface area contributed by atoms with Crippen molar-refractivity contribution in [2.75, 3.05) is 0 Å². The second-order valence-electron chi connectivity index (χ2n) is 4.97. The number of halogens is 2. The van der Waals surface area contributed by atoms with E-state index in [2.05, 4.69) is 36.5 Å². The Hall–Kier alpha value is -1.74. The van der Waals surface area contributed by atoms with E-state index in [9.17, 15) is 8.78 Å². The van der Waals surface area contributed by atoms with Gasteiger partial charge in [0.05, 0.1) is 0 Å². The fourth-order valence-electron chi connectivity index (χ4n) is 2.21. The van der Waals surface area contributed by atoms with Gasteiger partial charge in [-0.25, -0.2) is 8.78 Å². The summed E-state index contributed by atoms with van der Waals surface area (Å²) in [6.07, 6.45) is 0.889. The van der Waals surface area contributed by atoms with Crippen LogP contribution in [-0.4, -0.2) is 0 Å². The van der Waals surface area contributed by atoms with Crippen LogP contribution in [0.5, 0.6) is 0 Å². The lowest BCUT2D eigenvalue weighted by Gasteiger charge is -2.18. The van der Waals surface area contributed by atoms with Gasteiger partial charge in [-0.3, -0.25) is 0 Å². The van der Waals surface area contributed by atoms with E-state index < -0.39 is 11.6 Å². The van der Waals surface area contributed by atoms with Crippen LogP contribution >= 0.6 is 0 Å². The molecule has 0 fully saturated rings. The number of nitrogens with one attached hydrogen (secondary N) is 1. The molecule has 0 saturated heterocycles. The fourth-order valence-corrected chi connectivity index (χ4v) is 2.21. The average Bonchev–Trinajstić information content (AvgIpc) is 2.45. The van der Waals surface area contributed by atoms with Crippen LogP contribution in [0.3, 0.4) is 0 Å². The van der Waals surface area contributed by atoms with Gasteiger partial charge < -0.3 is 5.32 Å². The zero-order valence-electron chi connectivity index (χ0n) is 11.8. The van der Waals surface area contributed by atoms with Crippen molar-refractivity contribution in [1.82, 2.24) is 5.32 Å². The van der Waals surface area contributed by atoms with Gasteiger partial charge >= 0.3 is 0 Å². The highest BCUT2D eigenvalue weighted by atomic mass is 19.2. The number of hydrogen-bond acceptors (Lipinski definition) is 1. The van der Waals surface area contributed by atoms with Gasteiger partial charge in [-0.2, -0.15) is 0 Å². The highest BCUT2D eigenvalue weighted by molar-refractivity contribution is 5.25. The van der Waals surface area contributed by atoms with Crippen LogP contribution < -0.4 is 5.32 Å². The van der Waals surface area contributed by atoms with Gasteiger partial charge in [0, 0.05) is 18.2 Å². The zero-order valence-corrected chi connectivity index (χ0v) is 11.8. The molecule has 106 valence electrons. The highest BCUT2D eigenvalue weighted by Gasteiger charge is 2.11. The molecule has 0 aromatic heterocycles.